The Balaban J connectivity index is 2.14. The minimum absolute atomic E-state index is 0.103. The van der Waals surface area contributed by atoms with Crippen LogP contribution in [0.3, 0.4) is 0 Å². The average molecular weight is 317 g/mol. The highest BCUT2D eigenvalue weighted by Crippen LogP contribution is 2.26. The monoisotopic (exact) mass is 316 g/mol. The Labute approximate surface area is 110 Å². The summed E-state index contributed by atoms with van der Waals surface area (Å²) in [7, 11) is 0. The molecule has 0 radical (unpaired) electrons. The molecular formula is C13H8BrF3O. The van der Waals surface area contributed by atoms with Crippen molar-refractivity contribution in [1.29, 1.82) is 0 Å². The highest BCUT2D eigenvalue weighted by molar-refractivity contribution is 9.10. The molecule has 0 bridgehead atoms. The van der Waals surface area contributed by atoms with Crippen LogP contribution in [0.4, 0.5) is 13.2 Å². The van der Waals surface area contributed by atoms with Gasteiger partial charge in [-0.05, 0) is 40.2 Å². The van der Waals surface area contributed by atoms with Crippen molar-refractivity contribution in [2.75, 3.05) is 0 Å². The summed E-state index contributed by atoms with van der Waals surface area (Å²) >= 11 is 3.12. The maximum absolute atomic E-state index is 13.3. The van der Waals surface area contributed by atoms with Gasteiger partial charge >= 0.3 is 0 Å². The van der Waals surface area contributed by atoms with Crippen molar-refractivity contribution in [3.05, 3.63) is 63.9 Å². The minimum atomic E-state index is -0.935. The molecule has 0 aliphatic carbocycles. The van der Waals surface area contributed by atoms with Crippen LogP contribution in [0.5, 0.6) is 5.75 Å². The summed E-state index contributed by atoms with van der Waals surface area (Å²) in [6.07, 6.45) is 0. The second-order valence-corrected chi connectivity index (χ2v) is 4.43. The topological polar surface area (TPSA) is 9.23 Å². The molecule has 94 valence electrons. The molecule has 1 nitrogen and oxygen atoms in total. The number of rotatable bonds is 3. The van der Waals surface area contributed by atoms with E-state index in [1.807, 2.05) is 0 Å². The molecule has 2 rings (SSSR count). The third-order valence-corrected chi connectivity index (χ3v) is 2.93. The second kappa shape index (κ2) is 5.44. The van der Waals surface area contributed by atoms with Crippen LogP contribution in [0, 0.1) is 17.5 Å². The molecule has 0 saturated heterocycles. The fraction of sp³-hybridized carbons (Fsp3) is 0.0769. The second-order valence-electron chi connectivity index (χ2n) is 3.58. The predicted molar refractivity (Wildman–Crippen MR) is 64.8 cm³/mol. The van der Waals surface area contributed by atoms with E-state index in [9.17, 15) is 13.2 Å². The fourth-order valence-electron chi connectivity index (χ4n) is 1.41. The van der Waals surface area contributed by atoms with Crippen LogP contribution in [0.1, 0.15) is 5.56 Å². The van der Waals surface area contributed by atoms with Gasteiger partial charge in [0.1, 0.15) is 18.2 Å². The SMILES string of the molecule is Fc1ccc(OCc2cccc(F)c2F)c(Br)c1. The summed E-state index contributed by atoms with van der Waals surface area (Å²) in [6.45, 7) is -0.131. The average Bonchev–Trinajstić information content (AvgIpc) is 2.33. The van der Waals surface area contributed by atoms with Crippen molar-refractivity contribution in [3.63, 3.8) is 0 Å². The Kier molecular flexibility index (Phi) is 3.91. The fourth-order valence-corrected chi connectivity index (χ4v) is 1.87. The molecule has 2 aromatic carbocycles. The lowest BCUT2D eigenvalue weighted by Gasteiger charge is -2.09. The zero-order valence-corrected chi connectivity index (χ0v) is 10.7. The Morgan fingerprint density at radius 1 is 1.06 bits per heavy atom. The Hall–Kier alpha value is -1.49. The van der Waals surface area contributed by atoms with E-state index in [1.165, 1.54) is 30.3 Å². The summed E-state index contributed by atoms with van der Waals surface area (Å²) in [6, 6.07) is 7.73. The van der Waals surface area contributed by atoms with Gasteiger partial charge in [-0.15, -0.1) is 0 Å². The minimum Gasteiger partial charge on any atom is -0.488 e. The van der Waals surface area contributed by atoms with Gasteiger partial charge in [0.05, 0.1) is 4.47 Å². The Morgan fingerprint density at radius 3 is 2.56 bits per heavy atom. The van der Waals surface area contributed by atoms with Gasteiger partial charge in [-0.25, -0.2) is 13.2 Å². The Bertz CT molecular complexity index is 572. The molecule has 0 fully saturated rings. The smallest absolute Gasteiger partial charge is 0.165 e. The normalized spacial score (nSPS) is 10.4. The van der Waals surface area contributed by atoms with E-state index in [0.717, 1.165) is 6.07 Å². The maximum atomic E-state index is 13.3. The number of ether oxygens (including phenoxy) is 1. The summed E-state index contributed by atoms with van der Waals surface area (Å²) in [5.41, 5.74) is 0.103. The van der Waals surface area contributed by atoms with Crippen LogP contribution in [0.15, 0.2) is 40.9 Å². The van der Waals surface area contributed by atoms with E-state index in [2.05, 4.69) is 15.9 Å². The third kappa shape index (κ3) is 2.85. The molecular weight excluding hydrogens is 309 g/mol. The largest absolute Gasteiger partial charge is 0.488 e. The lowest BCUT2D eigenvalue weighted by molar-refractivity contribution is 0.295. The number of hydrogen-bond donors (Lipinski definition) is 0. The van der Waals surface area contributed by atoms with Gasteiger partial charge in [-0.2, -0.15) is 0 Å². The molecule has 0 saturated carbocycles. The van der Waals surface area contributed by atoms with Gasteiger partial charge in [-0.3, -0.25) is 0 Å². The predicted octanol–water partition coefficient (Wildman–Crippen LogP) is 4.45. The highest BCUT2D eigenvalue weighted by Gasteiger charge is 2.09. The molecule has 0 unspecified atom stereocenters. The molecule has 2 aromatic rings. The molecule has 0 amide bonds. The van der Waals surface area contributed by atoms with Crippen LogP contribution in [0.25, 0.3) is 0 Å². The maximum Gasteiger partial charge on any atom is 0.165 e. The van der Waals surface area contributed by atoms with Gasteiger partial charge in [0.15, 0.2) is 11.6 Å². The molecule has 0 aliphatic rings. The Morgan fingerprint density at radius 2 is 1.83 bits per heavy atom. The van der Waals surface area contributed by atoms with Crippen molar-refractivity contribution in [2.45, 2.75) is 6.61 Å². The molecule has 5 heteroatoms. The van der Waals surface area contributed by atoms with Crippen LogP contribution >= 0.6 is 15.9 Å². The number of hydrogen-bond acceptors (Lipinski definition) is 1. The zero-order valence-electron chi connectivity index (χ0n) is 9.09. The van der Waals surface area contributed by atoms with E-state index in [-0.39, 0.29) is 12.2 Å². The zero-order chi connectivity index (χ0) is 13.1. The van der Waals surface area contributed by atoms with Crippen molar-refractivity contribution in [2.24, 2.45) is 0 Å². The molecule has 0 spiro atoms. The molecule has 0 atom stereocenters. The first kappa shape index (κ1) is 13.0. The van der Waals surface area contributed by atoms with Gasteiger partial charge in [0, 0.05) is 5.56 Å². The quantitative estimate of drug-likeness (QED) is 0.813. The van der Waals surface area contributed by atoms with Crippen LogP contribution in [-0.4, -0.2) is 0 Å². The van der Waals surface area contributed by atoms with Gasteiger partial charge in [0.2, 0.25) is 0 Å². The van der Waals surface area contributed by atoms with Gasteiger partial charge in [0.25, 0.3) is 0 Å². The molecule has 18 heavy (non-hydrogen) atoms. The van der Waals surface area contributed by atoms with Crippen molar-refractivity contribution >= 4 is 15.9 Å². The molecule has 0 aromatic heterocycles. The highest BCUT2D eigenvalue weighted by atomic mass is 79.9. The summed E-state index contributed by atoms with van der Waals surface area (Å²) in [5.74, 6) is -1.91. The van der Waals surface area contributed by atoms with Crippen LogP contribution in [-0.2, 0) is 6.61 Å². The lowest BCUT2D eigenvalue weighted by atomic mass is 10.2. The molecule has 0 heterocycles. The van der Waals surface area contributed by atoms with Crippen LogP contribution < -0.4 is 4.74 Å². The van der Waals surface area contributed by atoms with Crippen molar-refractivity contribution in [3.8, 4) is 5.75 Å². The molecule has 0 N–H and O–H groups in total. The van der Waals surface area contributed by atoms with E-state index in [4.69, 9.17) is 4.74 Å². The van der Waals surface area contributed by atoms with E-state index in [0.29, 0.717) is 10.2 Å². The van der Waals surface area contributed by atoms with Crippen molar-refractivity contribution < 1.29 is 17.9 Å². The standard InChI is InChI=1S/C13H8BrF3O/c14-10-6-9(15)4-5-12(10)18-7-8-2-1-3-11(16)13(8)17/h1-6H,7H2. The van der Waals surface area contributed by atoms with E-state index < -0.39 is 17.5 Å². The summed E-state index contributed by atoms with van der Waals surface area (Å²) < 4.78 is 44.8. The van der Waals surface area contributed by atoms with E-state index >= 15 is 0 Å². The first-order valence-electron chi connectivity index (χ1n) is 5.08. The first-order valence-corrected chi connectivity index (χ1v) is 5.88. The summed E-state index contributed by atoms with van der Waals surface area (Å²) in [4.78, 5) is 0. The first-order chi connectivity index (χ1) is 8.58. The van der Waals surface area contributed by atoms with Gasteiger partial charge in [-0.1, -0.05) is 12.1 Å². The third-order valence-electron chi connectivity index (χ3n) is 2.31. The van der Waals surface area contributed by atoms with Gasteiger partial charge < -0.3 is 4.74 Å². The number of benzene rings is 2. The van der Waals surface area contributed by atoms with Crippen LogP contribution in [0.2, 0.25) is 0 Å². The van der Waals surface area contributed by atoms with Crippen molar-refractivity contribution in [1.82, 2.24) is 0 Å². The number of halogens is 4. The molecule has 0 aliphatic heterocycles. The lowest BCUT2D eigenvalue weighted by Crippen LogP contribution is -2.00. The summed E-state index contributed by atoms with van der Waals surface area (Å²) in [5, 5.41) is 0. The van der Waals surface area contributed by atoms with E-state index in [1.54, 1.807) is 0 Å².